The summed E-state index contributed by atoms with van der Waals surface area (Å²) in [5.41, 5.74) is 5.92. The third-order valence-electron chi connectivity index (χ3n) is 2.61. The Morgan fingerprint density at radius 2 is 1.57 bits per heavy atom. The molecule has 0 aromatic rings. The van der Waals surface area contributed by atoms with E-state index in [4.69, 9.17) is 24.7 Å². The molecule has 1 rings (SSSR count). The standard InChI is InChI=1S/C9H19NO4/c1-5-7(11-2)8(12-3)6(10)9(13-4)14-5/h5-9H,10H2,1-4H3/t5-,6+,7+,8-,9+/m1/s1. The molecule has 0 aromatic heterocycles. The summed E-state index contributed by atoms with van der Waals surface area (Å²) in [7, 11) is 4.80. The summed E-state index contributed by atoms with van der Waals surface area (Å²) in [6, 6.07) is -0.328. The summed E-state index contributed by atoms with van der Waals surface area (Å²) in [5.74, 6) is 0. The number of methoxy groups -OCH3 is 3. The molecule has 5 heteroatoms. The minimum absolute atomic E-state index is 0.0882. The first-order valence-electron chi connectivity index (χ1n) is 4.65. The molecule has 0 aliphatic carbocycles. The van der Waals surface area contributed by atoms with Crippen molar-refractivity contribution >= 4 is 0 Å². The Balaban J connectivity index is 2.73. The Labute approximate surface area is 84.4 Å². The molecule has 0 bridgehead atoms. The van der Waals surface area contributed by atoms with Crippen molar-refractivity contribution < 1.29 is 18.9 Å². The lowest BCUT2D eigenvalue weighted by Crippen LogP contribution is -2.61. The Morgan fingerprint density at radius 1 is 1.00 bits per heavy atom. The van der Waals surface area contributed by atoms with Crippen molar-refractivity contribution in [3.05, 3.63) is 0 Å². The van der Waals surface area contributed by atoms with Crippen LogP contribution in [0, 0.1) is 0 Å². The van der Waals surface area contributed by atoms with Crippen LogP contribution in [0.25, 0.3) is 0 Å². The summed E-state index contributed by atoms with van der Waals surface area (Å²) in [4.78, 5) is 0. The van der Waals surface area contributed by atoms with E-state index in [1.165, 1.54) is 0 Å². The van der Waals surface area contributed by atoms with E-state index in [-0.39, 0.29) is 24.4 Å². The summed E-state index contributed by atoms with van der Waals surface area (Å²) in [6.45, 7) is 1.91. The van der Waals surface area contributed by atoms with Gasteiger partial charge in [-0.25, -0.2) is 0 Å². The molecule has 0 spiro atoms. The van der Waals surface area contributed by atoms with Crippen molar-refractivity contribution in [2.75, 3.05) is 21.3 Å². The lowest BCUT2D eigenvalue weighted by atomic mass is 9.98. The van der Waals surface area contributed by atoms with Gasteiger partial charge in [0.1, 0.15) is 12.2 Å². The van der Waals surface area contributed by atoms with Gasteiger partial charge in [-0.15, -0.1) is 0 Å². The number of rotatable bonds is 3. The summed E-state index contributed by atoms with van der Waals surface area (Å²) >= 11 is 0. The van der Waals surface area contributed by atoms with Crippen LogP contribution >= 0.6 is 0 Å². The van der Waals surface area contributed by atoms with E-state index >= 15 is 0 Å². The highest BCUT2D eigenvalue weighted by Gasteiger charge is 2.43. The molecule has 0 saturated carbocycles. The molecule has 14 heavy (non-hydrogen) atoms. The molecule has 5 nitrogen and oxygen atoms in total. The van der Waals surface area contributed by atoms with Crippen LogP contribution in [0.3, 0.4) is 0 Å². The zero-order valence-electron chi connectivity index (χ0n) is 9.10. The zero-order chi connectivity index (χ0) is 10.7. The quantitative estimate of drug-likeness (QED) is 0.687. The summed E-state index contributed by atoms with van der Waals surface area (Å²) < 4.78 is 21.2. The largest absolute Gasteiger partial charge is 0.377 e. The normalized spacial score (nSPS) is 43.9. The molecule has 1 fully saturated rings. The van der Waals surface area contributed by atoms with Gasteiger partial charge in [-0.1, -0.05) is 0 Å². The molecule has 5 atom stereocenters. The van der Waals surface area contributed by atoms with E-state index in [0.29, 0.717) is 0 Å². The molecular formula is C9H19NO4. The van der Waals surface area contributed by atoms with E-state index in [1.54, 1.807) is 21.3 Å². The molecule has 1 saturated heterocycles. The zero-order valence-corrected chi connectivity index (χ0v) is 9.10. The Bertz CT molecular complexity index is 178. The Kier molecular flexibility index (Phi) is 4.28. The first kappa shape index (κ1) is 11.9. The topological polar surface area (TPSA) is 62.9 Å². The smallest absolute Gasteiger partial charge is 0.175 e. The van der Waals surface area contributed by atoms with Crippen molar-refractivity contribution in [2.24, 2.45) is 5.73 Å². The van der Waals surface area contributed by atoms with Crippen LogP contribution in [-0.2, 0) is 18.9 Å². The van der Waals surface area contributed by atoms with Gasteiger partial charge in [-0.05, 0) is 6.92 Å². The molecular weight excluding hydrogens is 186 g/mol. The van der Waals surface area contributed by atoms with Crippen molar-refractivity contribution in [1.29, 1.82) is 0 Å². The lowest BCUT2D eigenvalue weighted by molar-refractivity contribution is -0.256. The minimum atomic E-state index is -0.429. The molecule has 1 aliphatic rings. The van der Waals surface area contributed by atoms with E-state index in [0.717, 1.165) is 0 Å². The van der Waals surface area contributed by atoms with Gasteiger partial charge in [0.05, 0.1) is 12.1 Å². The SMILES string of the molecule is CO[C@H]1O[C@H](C)[C@H](OC)[C@H](OC)[C@@H]1N. The third kappa shape index (κ3) is 2.07. The molecule has 0 amide bonds. The second-order valence-corrected chi connectivity index (χ2v) is 3.42. The molecule has 0 radical (unpaired) electrons. The lowest BCUT2D eigenvalue weighted by Gasteiger charge is -2.42. The average molecular weight is 205 g/mol. The van der Waals surface area contributed by atoms with Crippen molar-refractivity contribution in [2.45, 2.75) is 37.6 Å². The molecule has 0 unspecified atom stereocenters. The van der Waals surface area contributed by atoms with Crippen LogP contribution in [-0.4, -0.2) is 52.0 Å². The van der Waals surface area contributed by atoms with Gasteiger partial charge >= 0.3 is 0 Å². The fourth-order valence-corrected chi connectivity index (χ4v) is 1.85. The molecule has 84 valence electrons. The van der Waals surface area contributed by atoms with Gasteiger partial charge in [-0.2, -0.15) is 0 Å². The van der Waals surface area contributed by atoms with Crippen molar-refractivity contribution in [3.8, 4) is 0 Å². The van der Waals surface area contributed by atoms with Crippen LogP contribution in [0.4, 0.5) is 0 Å². The fourth-order valence-electron chi connectivity index (χ4n) is 1.85. The molecule has 1 heterocycles. The van der Waals surface area contributed by atoms with Crippen LogP contribution in [0.15, 0.2) is 0 Å². The first-order chi connectivity index (χ1) is 6.65. The monoisotopic (exact) mass is 205 g/mol. The van der Waals surface area contributed by atoms with E-state index in [2.05, 4.69) is 0 Å². The Hall–Kier alpha value is -0.200. The van der Waals surface area contributed by atoms with Gasteiger partial charge in [0.25, 0.3) is 0 Å². The maximum absolute atomic E-state index is 5.92. The van der Waals surface area contributed by atoms with E-state index in [1.807, 2.05) is 6.92 Å². The van der Waals surface area contributed by atoms with Gasteiger partial charge in [0.2, 0.25) is 0 Å². The molecule has 1 aliphatic heterocycles. The highest BCUT2D eigenvalue weighted by molar-refractivity contribution is 4.91. The second kappa shape index (κ2) is 5.04. The van der Waals surface area contributed by atoms with E-state index in [9.17, 15) is 0 Å². The van der Waals surface area contributed by atoms with Crippen LogP contribution in [0.1, 0.15) is 6.92 Å². The first-order valence-corrected chi connectivity index (χ1v) is 4.65. The van der Waals surface area contributed by atoms with Crippen molar-refractivity contribution in [1.82, 2.24) is 0 Å². The van der Waals surface area contributed by atoms with Gasteiger partial charge in [0.15, 0.2) is 6.29 Å². The third-order valence-corrected chi connectivity index (χ3v) is 2.61. The molecule has 2 N–H and O–H groups in total. The highest BCUT2D eigenvalue weighted by Crippen LogP contribution is 2.23. The van der Waals surface area contributed by atoms with Gasteiger partial charge in [-0.3, -0.25) is 0 Å². The van der Waals surface area contributed by atoms with Gasteiger partial charge in [0, 0.05) is 21.3 Å². The maximum atomic E-state index is 5.92. The fraction of sp³-hybridized carbons (Fsp3) is 1.00. The van der Waals surface area contributed by atoms with Crippen LogP contribution in [0.5, 0.6) is 0 Å². The molecule has 0 aromatic carbocycles. The Morgan fingerprint density at radius 3 is 2.00 bits per heavy atom. The second-order valence-electron chi connectivity index (χ2n) is 3.42. The predicted molar refractivity (Wildman–Crippen MR) is 50.9 cm³/mol. The van der Waals surface area contributed by atoms with E-state index < -0.39 is 6.29 Å². The number of hydrogen-bond acceptors (Lipinski definition) is 5. The maximum Gasteiger partial charge on any atom is 0.175 e. The predicted octanol–water partition coefficient (Wildman–Crippen LogP) is -0.265. The van der Waals surface area contributed by atoms with Crippen LogP contribution in [0.2, 0.25) is 0 Å². The minimum Gasteiger partial charge on any atom is -0.377 e. The number of ether oxygens (including phenoxy) is 4. The van der Waals surface area contributed by atoms with Crippen molar-refractivity contribution in [3.63, 3.8) is 0 Å². The summed E-state index contributed by atoms with van der Waals surface area (Å²) in [5, 5.41) is 0. The van der Waals surface area contributed by atoms with Crippen LogP contribution < -0.4 is 5.73 Å². The average Bonchev–Trinajstić information content (AvgIpc) is 2.20. The van der Waals surface area contributed by atoms with Gasteiger partial charge < -0.3 is 24.7 Å². The highest BCUT2D eigenvalue weighted by atomic mass is 16.7. The summed E-state index contributed by atoms with van der Waals surface area (Å²) in [6.07, 6.45) is -0.869. The number of hydrogen-bond donors (Lipinski definition) is 1. The number of nitrogens with two attached hydrogens (primary N) is 1.